The Labute approximate surface area is 97.2 Å². The normalized spacial score (nSPS) is 33.4. The molecule has 1 saturated carbocycles. The molecule has 2 aliphatic rings. The van der Waals surface area contributed by atoms with E-state index >= 15 is 0 Å². The summed E-state index contributed by atoms with van der Waals surface area (Å²) in [5.74, 6) is 1.25. The maximum atomic E-state index is 10.0. The summed E-state index contributed by atoms with van der Waals surface area (Å²) in [5.41, 5.74) is -0.366. The van der Waals surface area contributed by atoms with Crippen LogP contribution in [0.4, 0.5) is 0 Å². The van der Waals surface area contributed by atoms with Gasteiger partial charge in [0.15, 0.2) is 0 Å². The molecule has 88 valence electrons. The molecule has 0 aromatic carbocycles. The number of aliphatic hydroxyl groups is 1. The smallest absolute Gasteiger partial charge is 0.0771 e. The van der Waals surface area contributed by atoms with Crippen LogP contribution in [0.1, 0.15) is 46.0 Å². The lowest BCUT2D eigenvalue weighted by atomic mass is 9.80. The second-order valence-corrected chi connectivity index (χ2v) is 7.56. The van der Waals surface area contributed by atoms with E-state index in [0.717, 1.165) is 19.4 Å². The molecule has 2 nitrogen and oxygen atoms in total. The van der Waals surface area contributed by atoms with Gasteiger partial charge in [-0.25, -0.2) is 0 Å². The van der Waals surface area contributed by atoms with Crippen molar-refractivity contribution in [2.45, 2.75) is 62.3 Å². The third-order valence-electron chi connectivity index (χ3n) is 3.70. The van der Waals surface area contributed by atoms with Gasteiger partial charge in [-0.3, -0.25) is 0 Å². The van der Waals surface area contributed by atoms with Crippen LogP contribution in [0, 0.1) is 0 Å². The van der Waals surface area contributed by atoms with Crippen molar-refractivity contribution in [3.8, 4) is 0 Å². The van der Waals surface area contributed by atoms with Crippen LogP contribution in [0.3, 0.4) is 0 Å². The fourth-order valence-electron chi connectivity index (χ4n) is 2.50. The molecule has 1 unspecified atom stereocenters. The minimum Gasteiger partial charge on any atom is -0.389 e. The Morgan fingerprint density at radius 1 is 1.40 bits per heavy atom. The first kappa shape index (κ1) is 11.7. The third-order valence-corrected chi connectivity index (χ3v) is 5.09. The highest BCUT2D eigenvalue weighted by Crippen LogP contribution is 2.36. The molecule has 1 aliphatic heterocycles. The largest absolute Gasteiger partial charge is 0.389 e. The van der Waals surface area contributed by atoms with E-state index in [-0.39, 0.29) is 5.60 Å². The van der Waals surface area contributed by atoms with E-state index in [1.807, 2.05) is 0 Å². The molecule has 0 bridgehead atoms. The van der Waals surface area contributed by atoms with Crippen LogP contribution < -0.4 is 5.32 Å². The molecule has 1 aliphatic carbocycles. The Bertz CT molecular complexity index is 226. The summed E-state index contributed by atoms with van der Waals surface area (Å²) in [6.45, 7) is 5.45. The topological polar surface area (TPSA) is 32.3 Å². The average Bonchev–Trinajstić information content (AvgIpc) is 2.10. The summed E-state index contributed by atoms with van der Waals surface area (Å²) in [6, 6.07) is 0.617. The van der Waals surface area contributed by atoms with E-state index in [4.69, 9.17) is 0 Å². The van der Waals surface area contributed by atoms with Gasteiger partial charge in [0.2, 0.25) is 0 Å². The summed E-state index contributed by atoms with van der Waals surface area (Å²) in [4.78, 5) is 0. The van der Waals surface area contributed by atoms with Crippen molar-refractivity contribution in [2.24, 2.45) is 0 Å². The highest BCUT2D eigenvalue weighted by atomic mass is 32.2. The van der Waals surface area contributed by atoms with E-state index < -0.39 is 0 Å². The summed E-state index contributed by atoms with van der Waals surface area (Å²) in [5, 5.41) is 13.6. The average molecular weight is 229 g/mol. The van der Waals surface area contributed by atoms with Crippen LogP contribution in [0.5, 0.6) is 0 Å². The maximum Gasteiger partial charge on any atom is 0.0771 e. The molecule has 2 rings (SSSR count). The van der Waals surface area contributed by atoms with Crippen LogP contribution in [0.2, 0.25) is 0 Å². The number of hydrogen-bond donors (Lipinski definition) is 2. The first-order valence-electron chi connectivity index (χ1n) is 6.09. The Morgan fingerprint density at radius 2 is 2.13 bits per heavy atom. The highest BCUT2D eigenvalue weighted by Gasteiger charge is 2.36. The highest BCUT2D eigenvalue weighted by molar-refractivity contribution is 8.00. The molecule has 1 heterocycles. The van der Waals surface area contributed by atoms with Gasteiger partial charge < -0.3 is 10.4 Å². The standard InChI is InChI=1S/C12H23NOS/c1-11(2)8-10(4-7-15-11)13-9-12(14)5-3-6-12/h10,13-14H,3-9H2,1-2H3. The lowest BCUT2D eigenvalue weighted by molar-refractivity contribution is -0.0336. The zero-order valence-electron chi connectivity index (χ0n) is 9.88. The molecular weight excluding hydrogens is 206 g/mol. The third kappa shape index (κ3) is 3.11. The zero-order chi connectivity index (χ0) is 10.9. The predicted molar refractivity (Wildman–Crippen MR) is 66.4 cm³/mol. The molecule has 15 heavy (non-hydrogen) atoms. The van der Waals surface area contributed by atoms with Crippen LogP contribution in [-0.4, -0.2) is 33.8 Å². The van der Waals surface area contributed by atoms with E-state index in [9.17, 15) is 5.11 Å². The second kappa shape index (κ2) is 4.27. The van der Waals surface area contributed by atoms with Crippen molar-refractivity contribution in [2.75, 3.05) is 12.3 Å². The summed E-state index contributed by atoms with van der Waals surface area (Å²) in [7, 11) is 0. The Balaban J connectivity index is 1.74. The van der Waals surface area contributed by atoms with Crippen molar-refractivity contribution in [1.82, 2.24) is 5.32 Å². The number of rotatable bonds is 3. The molecule has 0 amide bonds. The first-order chi connectivity index (χ1) is 6.99. The molecule has 0 spiro atoms. The van der Waals surface area contributed by atoms with Crippen molar-refractivity contribution >= 4 is 11.8 Å². The fourth-order valence-corrected chi connectivity index (χ4v) is 3.78. The Hall–Kier alpha value is 0.270. The molecule has 0 aromatic heterocycles. The maximum absolute atomic E-state index is 10.0. The quantitative estimate of drug-likeness (QED) is 0.778. The molecule has 0 aromatic rings. The van der Waals surface area contributed by atoms with Crippen molar-refractivity contribution < 1.29 is 5.11 Å². The zero-order valence-corrected chi connectivity index (χ0v) is 10.7. The summed E-state index contributed by atoms with van der Waals surface area (Å²) in [6.07, 6.45) is 5.66. The monoisotopic (exact) mass is 229 g/mol. The molecular formula is C12H23NOS. The van der Waals surface area contributed by atoms with Gasteiger partial charge in [0.1, 0.15) is 0 Å². The SMILES string of the molecule is CC1(C)CC(NCC2(O)CCC2)CCS1. The van der Waals surface area contributed by atoms with Crippen molar-refractivity contribution in [3.05, 3.63) is 0 Å². The van der Waals surface area contributed by atoms with Crippen molar-refractivity contribution in [3.63, 3.8) is 0 Å². The van der Waals surface area contributed by atoms with E-state index in [2.05, 4.69) is 30.9 Å². The number of hydrogen-bond acceptors (Lipinski definition) is 3. The second-order valence-electron chi connectivity index (χ2n) is 5.76. The van der Waals surface area contributed by atoms with Gasteiger partial charge in [-0.05, 0) is 37.9 Å². The molecule has 3 heteroatoms. The number of nitrogens with one attached hydrogen (secondary N) is 1. The number of thioether (sulfide) groups is 1. The Morgan fingerprint density at radius 3 is 2.67 bits per heavy atom. The van der Waals surface area contributed by atoms with Crippen LogP contribution in [-0.2, 0) is 0 Å². The fraction of sp³-hybridized carbons (Fsp3) is 1.00. The Kier molecular flexibility index (Phi) is 3.34. The minimum absolute atomic E-state index is 0.366. The van der Waals surface area contributed by atoms with Crippen LogP contribution in [0.15, 0.2) is 0 Å². The van der Waals surface area contributed by atoms with Gasteiger partial charge in [0.25, 0.3) is 0 Å². The van der Waals surface area contributed by atoms with Gasteiger partial charge in [0.05, 0.1) is 5.60 Å². The van der Waals surface area contributed by atoms with E-state index in [0.29, 0.717) is 10.8 Å². The minimum atomic E-state index is -0.366. The molecule has 1 atom stereocenters. The van der Waals surface area contributed by atoms with Gasteiger partial charge in [-0.2, -0.15) is 11.8 Å². The molecule has 2 fully saturated rings. The van der Waals surface area contributed by atoms with Crippen LogP contribution >= 0.6 is 11.8 Å². The van der Waals surface area contributed by atoms with E-state index in [1.165, 1.54) is 25.0 Å². The van der Waals surface area contributed by atoms with E-state index in [1.54, 1.807) is 0 Å². The van der Waals surface area contributed by atoms with Gasteiger partial charge in [-0.15, -0.1) is 0 Å². The lowest BCUT2D eigenvalue weighted by Gasteiger charge is -2.40. The molecule has 2 N–H and O–H groups in total. The molecule has 0 radical (unpaired) electrons. The van der Waals surface area contributed by atoms with Crippen LogP contribution in [0.25, 0.3) is 0 Å². The molecule has 1 saturated heterocycles. The van der Waals surface area contributed by atoms with Crippen molar-refractivity contribution in [1.29, 1.82) is 0 Å². The predicted octanol–water partition coefficient (Wildman–Crippen LogP) is 2.17. The van der Waals surface area contributed by atoms with Gasteiger partial charge in [-0.1, -0.05) is 13.8 Å². The first-order valence-corrected chi connectivity index (χ1v) is 7.07. The van der Waals surface area contributed by atoms with Gasteiger partial charge >= 0.3 is 0 Å². The summed E-state index contributed by atoms with van der Waals surface area (Å²) >= 11 is 2.07. The van der Waals surface area contributed by atoms with Gasteiger partial charge in [0, 0.05) is 17.3 Å². The lowest BCUT2D eigenvalue weighted by Crippen LogP contribution is -2.50. The summed E-state index contributed by atoms with van der Waals surface area (Å²) < 4.78 is 0.415.